The van der Waals surface area contributed by atoms with E-state index >= 15 is 0 Å². The average Bonchev–Trinajstić information content (AvgIpc) is 2.81. The molecule has 182 valence electrons. The Morgan fingerprint density at radius 1 is 1.18 bits per heavy atom. The van der Waals surface area contributed by atoms with Crippen molar-refractivity contribution in [3.63, 3.8) is 0 Å². The van der Waals surface area contributed by atoms with Crippen molar-refractivity contribution in [2.24, 2.45) is 5.10 Å². The standard InChI is InChI=1S/C24H27F2N3O4S/c1-4-6-21(30)27-17-10-7-15(8-11-17)14-29-24(31)34-20(5-2)22(28-29)16-9-12-18(32-3)19(13-16)33-23(25)26/h7-13,20,23H,4-6,14H2,1-3H3,(H,27,30). The molecule has 1 N–H and O–H groups in total. The third kappa shape index (κ3) is 6.47. The smallest absolute Gasteiger partial charge is 0.387 e. The van der Waals surface area contributed by atoms with Crippen LogP contribution in [0.2, 0.25) is 0 Å². The first-order chi connectivity index (χ1) is 16.3. The van der Waals surface area contributed by atoms with E-state index in [4.69, 9.17) is 4.74 Å². The third-order valence-electron chi connectivity index (χ3n) is 5.08. The summed E-state index contributed by atoms with van der Waals surface area (Å²) < 4.78 is 35.4. The molecule has 3 rings (SSSR count). The van der Waals surface area contributed by atoms with Crippen LogP contribution in [0.5, 0.6) is 11.5 Å². The molecule has 10 heteroatoms. The van der Waals surface area contributed by atoms with Crippen molar-refractivity contribution in [3.8, 4) is 11.5 Å². The van der Waals surface area contributed by atoms with Crippen LogP contribution in [0.3, 0.4) is 0 Å². The zero-order valence-corrected chi connectivity index (χ0v) is 20.0. The Bertz CT molecular complexity index is 1050. The van der Waals surface area contributed by atoms with Crippen LogP contribution >= 0.6 is 11.8 Å². The number of hydrogen-bond acceptors (Lipinski definition) is 6. The molecule has 0 saturated carbocycles. The maximum Gasteiger partial charge on any atom is 0.387 e. The molecule has 2 aromatic carbocycles. The summed E-state index contributed by atoms with van der Waals surface area (Å²) in [6, 6.07) is 11.9. The van der Waals surface area contributed by atoms with Gasteiger partial charge in [-0.05, 0) is 48.7 Å². The molecule has 0 bridgehead atoms. The van der Waals surface area contributed by atoms with Crippen LogP contribution < -0.4 is 14.8 Å². The lowest BCUT2D eigenvalue weighted by Crippen LogP contribution is -2.34. The summed E-state index contributed by atoms with van der Waals surface area (Å²) in [7, 11) is 1.37. The maximum absolute atomic E-state index is 12.9. The number of alkyl halides is 2. The minimum atomic E-state index is -3.00. The van der Waals surface area contributed by atoms with Crippen LogP contribution in [0.25, 0.3) is 0 Å². The minimum absolute atomic E-state index is 0.0487. The lowest BCUT2D eigenvalue weighted by molar-refractivity contribution is -0.116. The lowest BCUT2D eigenvalue weighted by atomic mass is 10.0. The largest absolute Gasteiger partial charge is 0.493 e. The van der Waals surface area contributed by atoms with Crippen LogP contribution in [0.1, 0.15) is 44.2 Å². The number of methoxy groups -OCH3 is 1. The fourth-order valence-corrected chi connectivity index (χ4v) is 4.37. The molecule has 0 radical (unpaired) electrons. The van der Waals surface area contributed by atoms with Crippen LogP contribution in [-0.2, 0) is 11.3 Å². The van der Waals surface area contributed by atoms with Gasteiger partial charge in [-0.2, -0.15) is 13.9 Å². The van der Waals surface area contributed by atoms with Crippen molar-refractivity contribution in [1.82, 2.24) is 5.01 Å². The molecule has 1 aliphatic rings. The van der Waals surface area contributed by atoms with Gasteiger partial charge in [-0.15, -0.1) is 0 Å². The fourth-order valence-electron chi connectivity index (χ4n) is 3.43. The number of hydrogen-bond donors (Lipinski definition) is 1. The second-order valence-electron chi connectivity index (χ2n) is 7.56. The van der Waals surface area contributed by atoms with E-state index in [0.717, 1.165) is 23.7 Å². The number of anilines is 1. The Balaban J connectivity index is 1.84. The highest BCUT2D eigenvalue weighted by Gasteiger charge is 2.31. The minimum Gasteiger partial charge on any atom is -0.493 e. The topological polar surface area (TPSA) is 80.2 Å². The molecule has 34 heavy (non-hydrogen) atoms. The highest BCUT2D eigenvalue weighted by Crippen LogP contribution is 2.34. The third-order valence-corrected chi connectivity index (χ3v) is 6.33. The van der Waals surface area contributed by atoms with E-state index in [1.165, 1.54) is 18.2 Å². The van der Waals surface area contributed by atoms with Gasteiger partial charge in [-0.1, -0.05) is 37.7 Å². The van der Waals surface area contributed by atoms with E-state index in [1.54, 1.807) is 24.3 Å². The van der Waals surface area contributed by atoms with Crippen molar-refractivity contribution < 1.29 is 27.8 Å². The number of rotatable bonds is 10. The Labute approximate surface area is 201 Å². The molecule has 0 fully saturated rings. The quantitative estimate of drug-likeness (QED) is 0.449. The van der Waals surface area contributed by atoms with Crippen molar-refractivity contribution in [3.05, 3.63) is 53.6 Å². The second kappa shape index (κ2) is 11.8. The summed E-state index contributed by atoms with van der Waals surface area (Å²) in [5.41, 5.74) is 2.68. The number of benzene rings is 2. The monoisotopic (exact) mass is 491 g/mol. The molecule has 1 heterocycles. The first-order valence-corrected chi connectivity index (χ1v) is 11.8. The van der Waals surface area contributed by atoms with Crippen molar-refractivity contribution in [2.45, 2.75) is 51.5 Å². The van der Waals surface area contributed by atoms with Crippen LogP contribution in [-0.4, -0.2) is 40.8 Å². The summed E-state index contributed by atoms with van der Waals surface area (Å²) in [5, 5.41) is 8.33. The summed E-state index contributed by atoms with van der Waals surface area (Å²) in [5.74, 6) is 0.0364. The van der Waals surface area contributed by atoms with E-state index in [9.17, 15) is 18.4 Å². The van der Waals surface area contributed by atoms with Gasteiger partial charge < -0.3 is 14.8 Å². The molecule has 7 nitrogen and oxygen atoms in total. The van der Waals surface area contributed by atoms with Gasteiger partial charge in [0.15, 0.2) is 11.5 Å². The van der Waals surface area contributed by atoms with E-state index in [1.807, 2.05) is 26.0 Å². The van der Waals surface area contributed by atoms with Gasteiger partial charge >= 0.3 is 11.9 Å². The second-order valence-corrected chi connectivity index (χ2v) is 8.72. The maximum atomic E-state index is 12.9. The number of carbonyl (C=O) groups excluding carboxylic acids is 2. The molecule has 0 aromatic heterocycles. The zero-order valence-electron chi connectivity index (χ0n) is 19.2. The molecule has 2 amide bonds. The average molecular weight is 492 g/mol. The molecule has 0 spiro atoms. The van der Waals surface area contributed by atoms with Gasteiger partial charge in [-0.25, -0.2) is 5.01 Å². The summed E-state index contributed by atoms with van der Waals surface area (Å²) in [6.07, 6.45) is 1.85. The Hall–Kier alpha value is -3.14. The van der Waals surface area contributed by atoms with Gasteiger partial charge in [0, 0.05) is 17.7 Å². The molecule has 1 unspecified atom stereocenters. The molecular formula is C24H27F2N3O4S. The summed E-state index contributed by atoms with van der Waals surface area (Å²) >= 11 is 1.14. The predicted molar refractivity (Wildman–Crippen MR) is 129 cm³/mol. The van der Waals surface area contributed by atoms with Crippen LogP contribution in [0, 0.1) is 0 Å². The number of ether oxygens (including phenoxy) is 2. The van der Waals surface area contributed by atoms with Crippen LogP contribution in [0.4, 0.5) is 19.3 Å². The normalized spacial score (nSPS) is 15.8. The van der Waals surface area contributed by atoms with Crippen LogP contribution in [0.15, 0.2) is 47.6 Å². The van der Waals surface area contributed by atoms with Gasteiger partial charge in [0.05, 0.1) is 24.6 Å². The summed E-state index contributed by atoms with van der Waals surface area (Å²) in [6.45, 7) is 1.10. The van der Waals surface area contributed by atoms with Gasteiger partial charge in [0.2, 0.25) is 5.91 Å². The summed E-state index contributed by atoms with van der Waals surface area (Å²) in [4.78, 5) is 24.5. The first kappa shape index (κ1) is 25.5. The number of nitrogens with zero attached hydrogens (tertiary/aromatic N) is 2. The number of halogens is 2. The van der Waals surface area contributed by atoms with Gasteiger partial charge in [0.1, 0.15) is 0 Å². The molecule has 0 saturated heterocycles. The fraction of sp³-hybridized carbons (Fsp3) is 0.375. The number of thioether (sulfide) groups is 1. The predicted octanol–water partition coefficient (Wildman–Crippen LogP) is 5.89. The number of hydrazone groups is 1. The molecule has 2 aromatic rings. The lowest BCUT2D eigenvalue weighted by Gasteiger charge is -2.28. The van der Waals surface area contributed by atoms with E-state index in [2.05, 4.69) is 15.2 Å². The Kier molecular flexibility index (Phi) is 8.86. The highest BCUT2D eigenvalue weighted by atomic mass is 32.2. The molecule has 1 aliphatic heterocycles. The molecule has 1 atom stereocenters. The SMILES string of the molecule is CCCC(=O)Nc1ccc(CN2N=C(c3ccc(OC)c(OC(F)F)c3)C(CC)SC2=O)cc1. The van der Waals surface area contributed by atoms with Gasteiger partial charge in [0.25, 0.3) is 0 Å². The van der Waals surface area contributed by atoms with Crippen molar-refractivity contribution in [1.29, 1.82) is 0 Å². The van der Waals surface area contributed by atoms with Crippen molar-refractivity contribution in [2.75, 3.05) is 12.4 Å². The first-order valence-electron chi connectivity index (χ1n) is 10.9. The zero-order chi connectivity index (χ0) is 24.7. The number of nitrogens with one attached hydrogen (secondary N) is 1. The van der Waals surface area contributed by atoms with E-state index < -0.39 is 6.61 Å². The highest BCUT2D eigenvalue weighted by molar-refractivity contribution is 8.14. The Morgan fingerprint density at radius 3 is 2.53 bits per heavy atom. The number of amides is 2. The Morgan fingerprint density at radius 2 is 1.91 bits per heavy atom. The van der Waals surface area contributed by atoms with Gasteiger partial charge in [-0.3, -0.25) is 9.59 Å². The molecular weight excluding hydrogens is 464 g/mol. The van der Waals surface area contributed by atoms with Crippen molar-refractivity contribution >= 4 is 34.3 Å². The number of carbonyl (C=O) groups is 2. The van der Waals surface area contributed by atoms with E-state index in [-0.39, 0.29) is 34.4 Å². The molecule has 0 aliphatic carbocycles. The van der Waals surface area contributed by atoms with E-state index in [0.29, 0.717) is 29.8 Å².